The first-order chi connectivity index (χ1) is 9.60. The smallest absolute Gasteiger partial charge is 0.329 e. The Labute approximate surface area is 116 Å². The van der Waals surface area contributed by atoms with Crippen molar-refractivity contribution >= 4 is 17.5 Å². The monoisotopic (exact) mass is 281 g/mol. The highest BCUT2D eigenvalue weighted by Crippen LogP contribution is 2.26. The highest BCUT2D eigenvalue weighted by atomic mass is 16.6. The van der Waals surface area contributed by atoms with Crippen molar-refractivity contribution in [2.45, 2.75) is 31.8 Å². The van der Waals surface area contributed by atoms with E-state index in [0.717, 1.165) is 25.7 Å². The van der Waals surface area contributed by atoms with Gasteiger partial charge in [-0.05, 0) is 31.6 Å². The van der Waals surface area contributed by atoms with E-state index in [1.54, 1.807) is 7.05 Å². The summed E-state index contributed by atoms with van der Waals surface area (Å²) < 4.78 is 0. The molecule has 0 spiro atoms. The van der Waals surface area contributed by atoms with Crippen LogP contribution in [0.25, 0.3) is 0 Å². The van der Waals surface area contributed by atoms with Crippen LogP contribution in [0.2, 0.25) is 0 Å². The second kappa shape index (κ2) is 6.47. The normalized spacial score (nSPS) is 22.3. The van der Waals surface area contributed by atoms with Gasteiger partial charge in [0.05, 0.1) is 11.0 Å². The molecule has 0 radical (unpaired) electrons. The quantitative estimate of drug-likeness (QED) is 0.552. The number of rotatable bonds is 5. The lowest BCUT2D eigenvalue weighted by Crippen LogP contribution is -2.24. The highest BCUT2D eigenvalue weighted by molar-refractivity contribution is 5.56. The largest absolute Gasteiger partial charge is 0.393 e. The lowest BCUT2D eigenvalue weighted by Gasteiger charge is -2.25. The number of aromatic nitrogens is 2. The molecule has 1 aliphatic rings. The molecule has 8 heteroatoms. The van der Waals surface area contributed by atoms with Crippen LogP contribution in [0, 0.1) is 16.0 Å². The van der Waals surface area contributed by atoms with Crippen molar-refractivity contribution in [2.75, 3.05) is 24.2 Å². The molecule has 0 unspecified atom stereocenters. The van der Waals surface area contributed by atoms with Gasteiger partial charge in [-0.2, -0.15) is 4.98 Å². The molecule has 1 aromatic rings. The molecule has 0 aliphatic heterocycles. The summed E-state index contributed by atoms with van der Waals surface area (Å²) in [5.74, 6) is 0.989. The minimum Gasteiger partial charge on any atom is -0.393 e. The fourth-order valence-electron chi connectivity index (χ4n) is 2.35. The minimum absolute atomic E-state index is 0.125. The van der Waals surface area contributed by atoms with Gasteiger partial charge in [0, 0.05) is 13.6 Å². The van der Waals surface area contributed by atoms with Crippen LogP contribution >= 0.6 is 0 Å². The van der Waals surface area contributed by atoms with E-state index in [-0.39, 0.29) is 17.6 Å². The molecule has 8 nitrogen and oxygen atoms in total. The Hall–Kier alpha value is -1.96. The number of aliphatic hydroxyl groups is 1. The van der Waals surface area contributed by atoms with Crippen molar-refractivity contribution < 1.29 is 10.0 Å². The summed E-state index contributed by atoms with van der Waals surface area (Å²) in [6.45, 7) is 0.619. The fourth-order valence-corrected chi connectivity index (χ4v) is 2.35. The zero-order valence-electron chi connectivity index (χ0n) is 11.4. The highest BCUT2D eigenvalue weighted by Gasteiger charge is 2.22. The van der Waals surface area contributed by atoms with E-state index < -0.39 is 4.92 Å². The van der Waals surface area contributed by atoms with Gasteiger partial charge in [0.15, 0.2) is 0 Å². The molecular formula is C12H19N5O3. The number of nitrogens with zero attached hydrogens (tertiary/aromatic N) is 3. The summed E-state index contributed by atoms with van der Waals surface area (Å²) in [6, 6.07) is 0. The van der Waals surface area contributed by atoms with Crippen LogP contribution in [0.1, 0.15) is 25.7 Å². The van der Waals surface area contributed by atoms with E-state index in [0.29, 0.717) is 18.4 Å². The molecule has 1 aliphatic carbocycles. The summed E-state index contributed by atoms with van der Waals surface area (Å²) >= 11 is 0. The topological polar surface area (TPSA) is 113 Å². The first-order valence-electron chi connectivity index (χ1n) is 6.71. The second-order valence-corrected chi connectivity index (χ2v) is 4.99. The van der Waals surface area contributed by atoms with Crippen LogP contribution < -0.4 is 10.6 Å². The third kappa shape index (κ3) is 3.53. The maximum atomic E-state index is 10.9. The first-order valence-corrected chi connectivity index (χ1v) is 6.71. The number of hydrogen-bond donors (Lipinski definition) is 3. The third-order valence-corrected chi connectivity index (χ3v) is 3.56. The predicted octanol–water partition coefficient (Wildman–Crippen LogP) is 1.39. The fraction of sp³-hybridized carbons (Fsp3) is 0.667. The first kappa shape index (κ1) is 14.4. The lowest BCUT2D eigenvalue weighted by atomic mass is 9.87. The van der Waals surface area contributed by atoms with Gasteiger partial charge < -0.3 is 15.7 Å². The molecule has 1 saturated carbocycles. The summed E-state index contributed by atoms with van der Waals surface area (Å²) in [4.78, 5) is 18.4. The number of nitro groups is 1. The molecule has 0 bridgehead atoms. The van der Waals surface area contributed by atoms with Crippen LogP contribution in [0.3, 0.4) is 0 Å². The van der Waals surface area contributed by atoms with Gasteiger partial charge in [-0.25, -0.2) is 4.98 Å². The molecule has 0 saturated heterocycles. The summed E-state index contributed by atoms with van der Waals surface area (Å²) in [5, 5.41) is 26.2. The molecule has 0 amide bonds. The Bertz CT molecular complexity index is 474. The van der Waals surface area contributed by atoms with Crippen molar-refractivity contribution in [3.05, 3.63) is 16.3 Å². The summed E-state index contributed by atoms with van der Waals surface area (Å²) in [7, 11) is 1.66. The molecule has 1 fully saturated rings. The average molecular weight is 281 g/mol. The van der Waals surface area contributed by atoms with Gasteiger partial charge in [-0.1, -0.05) is 0 Å². The summed E-state index contributed by atoms with van der Waals surface area (Å²) in [5.41, 5.74) is -0.125. The molecule has 2 rings (SSSR count). The Morgan fingerprint density at radius 1 is 1.45 bits per heavy atom. The molecular weight excluding hydrogens is 262 g/mol. The third-order valence-electron chi connectivity index (χ3n) is 3.56. The Balaban J connectivity index is 2.02. The molecule has 110 valence electrons. The summed E-state index contributed by atoms with van der Waals surface area (Å²) in [6.07, 6.45) is 4.43. The van der Waals surface area contributed by atoms with E-state index in [1.165, 1.54) is 6.20 Å². The molecule has 20 heavy (non-hydrogen) atoms. The van der Waals surface area contributed by atoms with Crippen molar-refractivity contribution in [3.8, 4) is 0 Å². The standard InChI is InChI=1S/C12H19N5O3/c1-13-12-15-7-10(17(19)20)11(16-12)14-6-8-2-4-9(18)5-3-8/h7-9,18H,2-6H2,1H3,(H2,13,14,15,16). The number of nitrogens with one attached hydrogen (secondary N) is 2. The van der Waals surface area contributed by atoms with E-state index >= 15 is 0 Å². The minimum atomic E-state index is -0.494. The maximum Gasteiger partial charge on any atom is 0.329 e. The average Bonchev–Trinajstić information content (AvgIpc) is 2.46. The zero-order chi connectivity index (χ0) is 14.5. The van der Waals surface area contributed by atoms with Crippen molar-refractivity contribution in [1.29, 1.82) is 0 Å². The SMILES string of the molecule is CNc1ncc([N+](=O)[O-])c(NCC2CCC(O)CC2)n1. The second-order valence-electron chi connectivity index (χ2n) is 4.99. The number of hydrogen-bond acceptors (Lipinski definition) is 7. The number of anilines is 2. The van der Waals surface area contributed by atoms with Crippen LogP contribution in [-0.2, 0) is 0 Å². The van der Waals surface area contributed by atoms with Gasteiger partial charge in [-0.15, -0.1) is 0 Å². The maximum absolute atomic E-state index is 10.9. The molecule has 1 aromatic heterocycles. The van der Waals surface area contributed by atoms with Crippen LogP contribution in [-0.4, -0.2) is 39.7 Å². The van der Waals surface area contributed by atoms with E-state index in [9.17, 15) is 15.2 Å². The lowest BCUT2D eigenvalue weighted by molar-refractivity contribution is -0.384. The van der Waals surface area contributed by atoms with Gasteiger partial charge in [0.25, 0.3) is 0 Å². The molecule has 3 N–H and O–H groups in total. The van der Waals surface area contributed by atoms with E-state index in [4.69, 9.17) is 0 Å². The predicted molar refractivity (Wildman–Crippen MR) is 74.7 cm³/mol. The Morgan fingerprint density at radius 2 is 2.15 bits per heavy atom. The molecule has 0 atom stereocenters. The van der Waals surface area contributed by atoms with Gasteiger partial charge in [-0.3, -0.25) is 10.1 Å². The van der Waals surface area contributed by atoms with Crippen LogP contribution in [0.4, 0.5) is 17.5 Å². The van der Waals surface area contributed by atoms with Gasteiger partial charge >= 0.3 is 5.69 Å². The van der Waals surface area contributed by atoms with E-state index in [2.05, 4.69) is 20.6 Å². The Kier molecular flexibility index (Phi) is 4.67. The Morgan fingerprint density at radius 3 is 2.75 bits per heavy atom. The van der Waals surface area contributed by atoms with Gasteiger partial charge in [0.1, 0.15) is 6.20 Å². The molecule has 1 heterocycles. The number of aliphatic hydroxyl groups excluding tert-OH is 1. The van der Waals surface area contributed by atoms with Crippen molar-refractivity contribution in [3.63, 3.8) is 0 Å². The van der Waals surface area contributed by atoms with Crippen molar-refractivity contribution in [1.82, 2.24) is 9.97 Å². The zero-order valence-corrected chi connectivity index (χ0v) is 11.4. The van der Waals surface area contributed by atoms with Crippen LogP contribution in [0.15, 0.2) is 6.20 Å². The molecule has 0 aromatic carbocycles. The van der Waals surface area contributed by atoms with Crippen LogP contribution in [0.5, 0.6) is 0 Å². The van der Waals surface area contributed by atoms with Crippen molar-refractivity contribution in [2.24, 2.45) is 5.92 Å². The van der Waals surface area contributed by atoms with E-state index in [1.807, 2.05) is 0 Å². The van der Waals surface area contributed by atoms with Gasteiger partial charge in [0.2, 0.25) is 11.8 Å².